The number of carbonyl (C=O) groups excluding carboxylic acids is 2. The van der Waals surface area contributed by atoms with Gasteiger partial charge in [-0.15, -0.1) is 0 Å². The van der Waals surface area contributed by atoms with Crippen molar-refractivity contribution in [1.29, 1.82) is 0 Å². The zero-order valence-electron chi connectivity index (χ0n) is 14.9. The van der Waals surface area contributed by atoms with Gasteiger partial charge in [-0.25, -0.2) is 9.38 Å². The second-order valence-corrected chi connectivity index (χ2v) is 7.21. The first kappa shape index (κ1) is 19.1. The molecular formula is C20H20FN3O2S. The molecule has 140 valence electrons. The molecule has 0 spiro atoms. The molecular weight excluding hydrogens is 365 g/mol. The van der Waals surface area contributed by atoms with Crippen LogP contribution in [0.4, 0.5) is 10.1 Å². The fourth-order valence-electron chi connectivity index (χ4n) is 2.68. The van der Waals surface area contributed by atoms with Crippen LogP contribution in [0.5, 0.6) is 0 Å². The Bertz CT molecular complexity index is 840. The van der Waals surface area contributed by atoms with E-state index in [1.807, 2.05) is 37.3 Å². The summed E-state index contributed by atoms with van der Waals surface area (Å²) in [5, 5.41) is 2.68. The number of thioether (sulfide) groups is 1. The predicted molar refractivity (Wildman–Crippen MR) is 105 cm³/mol. The minimum Gasteiger partial charge on any atom is -0.355 e. The van der Waals surface area contributed by atoms with E-state index in [4.69, 9.17) is 0 Å². The molecule has 3 rings (SSSR count). The summed E-state index contributed by atoms with van der Waals surface area (Å²) in [5.74, 6) is -0.690. The Balaban J connectivity index is 1.90. The van der Waals surface area contributed by atoms with Crippen LogP contribution >= 0.6 is 11.8 Å². The van der Waals surface area contributed by atoms with Crippen LogP contribution < -0.4 is 5.32 Å². The summed E-state index contributed by atoms with van der Waals surface area (Å²) < 4.78 is 13.2. The van der Waals surface area contributed by atoms with E-state index in [1.165, 1.54) is 23.9 Å². The second kappa shape index (κ2) is 8.81. The number of amidine groups is 1. The molecule has 2 aromatic carbocycles. The SMILES string of the molecule is CCNC(=O)C1CC(=O)N(Cc2ccccc2)C(=Nc2ccc(F)cc2)S1. The van der Waals surface area contributed by atoms with Gasteiger partial charge in [0.1, 0.15) is 5.82 Å². The van der Waals surface area contributed by atoms with Crippen LogP contribution in [-0.2, 0) is 16.1 Å². The van der Waals surface area contributed by atoms with Crippen LogP contribution in [0.2, 0.25) is 0 Å². The molecule has 0 radical (unpaired) electrons. The van der Waals surface area contributed by atoms with Crippen molar-refractivity contribution in [1.82, 2.24) is 10.2 Å². The third-order valence-corrected chi connectivity index (χ3v) is 5.21. The molecule has 1 aliphatic rings. The molecule has 0 aromatic heterocycles. The topological polar surface area (TPSA) is 61.8 Å². The van der Waals surface area contributed by atoms with Crippen molar-refractivity contribution in [3.05, 3.63) is 66.0 Å². The number of carbonyl (C=O) groups is 2. The van der Waals surface area contributed by atoms with Gasteiger partial charge in [-0.1, -0.05) is 42.1 Å². The smallest absolute Gasteiger partial charge is 0.234 e. The van der Waals surface area contributed by atoms with Crippen LogP contribution in [0.1, 0.15) is 18.9 Å². The number of halogens is 1. The molecule has 5 nitrogen and oxygen atoms in total. The van der Waals surface area contributed by atoms with E-state index in [9.17, 15) is 14.0 Å². The van der Waals surface area contributed by atoms with Crippen LogP contribution in [0.3, 0.4) is 0 Å². The molecule has 0 bridgehead atoms. The average molecular weight is 385 g/mol. The van der Waals surface area contributed by atoms with Crippen molar-refractivity contribution in [3.63, 3.8) is 0 Å². The Morgan fingerprint density at radius 2 is 1.93 bits per heavy atom. The molecule has 1 unspecified atom stereocenters. The largest absolute Gasteiger partial charge is 0.355 e. The monoisotopic (exact) mass is 385 g/mol. The summed E-state index contributed by atoms with van der Waals surface area (Å²) in [4.78, 5) is 31.1. The molecule has 0 aliphatic carbocycles. The van der Waals surface area contributed by atoms with E-state index in [2.05, 4.69) is 10.3 Å². The summed E-state index contributed by atoms with van der Waals surface area (Å²) in [7, 11) is 0. The van der Waals surface area contributed by atoms with Crippen molar-refractivity contribution in [2.24, 2.45) is 4.99 Å². The maximum absolute atomic E-state index is 13.2. The van der Waals surface area contributed by atoms with Gasteiger partial charge in [0.05, 0.1) is 17.5 Å². The summed E-state index contributed by atoms with van der Waals surface area (Å²) >= 11 is 1.26. The Morgan fingerprint density at radius 1 is 1.22 bits per heavy atom. The van der Waals surface area contributed by atoms with E-state index in [1.54, 1.807) is 17.0 Å². The lowest BCUT2D eigenvalue weighted by atomic mass is 10.2. The number of nitrogens with zero attached hydrogens (tertiary/aromatic N) is 2. The Kier molecular flexibility index (Phi) is 6.24. The minimum atomic E-state index is -0.524. The molecule has 1 saturated heterocycles. The summed E-state index contributed by atoms with van der Waals surface area (Å²) in [6.45, 7) is 2.71. The van der Waals surface area contributed by atoms with Gasteiger partial charge in [-0.2, -0.15) is 0 Å². The maximum Gasteiger partial charge on any atom is 0.234 e. The summed E-state index contributed by atoms with van der Waals surface area (Å²) in [6.07, 6.45) is 0.117. The highest BCUT2D eigenvalue weighted by atomic mass is 32.2. The molecule has 1 atom stereocenters. The molecule has 1 aliphatic heterocycles. The van der Waals surface area contributed by atoms with Crippen LogP contribution in [0.25, 0.3) is 0 Å². The Labute approximate surface area is 161 Å². The van der Waals surface area contributed by atoms with Crippen molar-refractivity contribution in [2.75, 3.05) is 6.54 Å². The zero-order valence-corrected chi connectivity index (χ0v) is 15.7. The number of amides is 2. The fourth-order valence-corrected chi connectivity index (χ4v) is 3.80. The maximum atomic E-state index is 13.2. The highest BCUT2D eigenvalue weighted by Crippen LogP contribution is 2.30. The van der Waals surface area contributed by atoms with E-state index in [0.29, 0.717) is 23.9 Å². The van der Waals surface area contributed by atoms with Crippen molar-refractivity contribution in [2.45, 2.75) is 25.1 Å². The van der Waals surface area contributed by atoms with Gasteiger partial charge in [0.25, 0.3) is 0 Å². The van der Waals surface area contributed by atoms with E-state index in [-0.39, 0.29) is 24.1 Å². The van der Waals surface area contributed by atoms with E-state index in [0.717, 1.165) is 5.56 Å². The van der Waals surface area contributed by atoms with Crippen molar-refractivity contribution in [3.8, 4) is 0 Å². The van der Waals surface area contributed by atoms with E-state index >= 15 is 0 Å². The average Bonchev–Trinajstić information content (AvgIpc) is 2.67. The molecule has 2 aromatic rings. The van der Waals surface area contributed by atoms with Gasteiger partial charge in [0.2, 0.25) is 11.8 Å². The lowest BCUT2D eigenvalue weighted by molar-refractivity contribution is -0.130. The second-order valence-electron chi connectivity index (χ2n) is 6.04. The lowest BCUT2D eigenvalue weighted by Crippen LogP contribution is -2.46. The number of rotatable bonds is 5. The van der Waals surface area contributed by atoms with Gasteiger partial charge in [0, 0.05) is 13.0 Å². The van der Waals surface area contributed by atoms with Gasteiger partial charge < -0.3 is 5.32 Å². The first-order valence-corrected chi connectivity index (χ1v) is 9.57. The minimum absolute atomic E-state index is 0.117. The summed E-state index contributed by atoms with van der Waals surface area (Å²) in [5.41, 5.74) is 1.50. The third-order valence-electron chi connectivity index (χ3n) is 4.02. The highest BCUT2D eigenvalue weighted by Gasteiger charge is 2.35. The molecule has 2 amide bonds. The fraction of sp³-hybridized carbons (Fsp3) is 0.250. The molecule has 7 heteroatoms. The summed E-state index contributed by atoms with van der Waals surface area (Å²) in [6, 6.07) is 15.3. The molecule has 1 heterocycles. The predicted octanol–water partition coefficient (Wildman–Crippen LogP) is 3.48. The van der Waals surface area contributed by atoms with Gasteiger partial charge >= 0.3 is 0 Å². The number of hydrogen-bond acceptors (Lipinski definition) is 4. The molecule has 27 heavy (non-hydrogen) atoms. The highest BCUT2D eigenvalue weighted by molar-refractivity contribution is 8.15. The number of benzene rings is 2. The number of nitrogens with one attached hydrogen (secondary N) is 1. The van der Waals surface area contributed by atoms with Crippen LogP contribution in [0, 0.1) is 5.82 Å². The van der Waals surface area contributed by atoms with Crippen LogP contribution in [-0.4, -0.2) is 33.7 Å². The first-order valence-electron chi connectivity index (χ1n) is 8.69. The van der Waals surface area contributed by atoms with Gasteiger partial charge in [-0.05, 0) is 36.8 Å². The first-order chi connectivity index (χ1) is 13.1. The molecule has 0 saturated carbocycles. The third kappa shape index (κ3) is 4.95. The van der Waals surface area contributed by atoms with E-state index < -0.39 is 5.25 Å². The van der Waals surface area contributed by atoms with Crippen molar-refractivity contribution < 1.29 is 14.0 Å². The molecule has 1 N–H and O–H groups in total. The van der Waals surface area contributed by atoms with Gasteiger partial charge in [-0.3, -0.25) is 14.5 Å². The van der Waals surface area contributed by atoms with Crippen LogP contribution in [0.15, 0.2) is 59.6 Å². The Hall–Kier alpha value is -2.67. The van der Waals surface area contributed by atoms with Gasteiger partial charge in [0.15, 0.2) is 5.17 Å². The van der Waals surface area contributed by atoms with Crippen molar-refractivity contribution >= 4 is 34.4 Å². The lowest BCUT2D eigenvalue weighted by Gasteiger charge is -2.31. The number of aliphatic imine (C=N–C) groups is 1. The zero-order chi connectivity index (χ0) is 19.2. The Morgan fingerprint density at radius 3 is 2.59 bits per heavy atom. The normalized spacial score (nSPS) is 18.6. The quantitative estimate of drug-likeness (QED) is 0.857. The molecule has 1 fully saturated rings. The standard InChI is InChI=1S/C20H20FN3O2S/c1-2-22-19(26)17-12-18(25)24(13-14-6-4-3-5-7-14)20(27-17)23-16-10-8-15(21)9-11-16/h3-11,17H,2,12-13H2,1H3,(H,22,26). The number of hydrogen-bond donors (Lipinski definition) is 1.